The molecule has 0 aliphatic rings. The topological polar surface area (TPSA) is 34.4 Å². The molecule has 1 unspecified atom stereocenters. The highest BCUT2D eigenvalue weighted by molar-refractivity contribution is 6.30. The Labute approximate surface area is 128 Å². The van der Waals surface area contributed by atoms with Crippen LogP contribution in [0.25, 0.3) is 11.0 Å². The highest BCUT2D eigenvalue weighted by Gasteiger charge is 2.20. The Bertz CT molecular complexity index is 733. The van der Waals surface area contributed by atoms with Crippen LogP contribution in [0.15, 0.2) is 52.9 Å². The van der Waals surface area contributed by atoms with E-state index in [4.69, 9.17) is 20.8 Å². The zero-order valence-electron chi connectivity index (χ0n) is 11.9. The predicted molar refractivity (Wildman–Crippen MR) is 85.1 cm³/mol. The number of furan rings is 1. The molecule has 3 nitrogen and oxygen atoms in total. The zero-order chi connectivity index (χ0) is 14.8. The molecule has 0 fully saturated rings. The number of para-hydroxylation sites is 1. The minimum Gasteiger partial charge on any atom is -0.496 e. The Balaban J connectivity index is 2.09. The van der Waals surface area contributed by atoms with Gasteiger partial charge in [-0.05, 0) is 31.3 Å². The third-order valence-corrected chi connectivity index (χ3v) is 3.76. The number of benzene rings is 2. The Morgan fingerprint density at radius 1 is 1.14 bits per heavy atom. The van der Waals surface area contributed by atoms with E-state index in [0.717, 1.165) is 28.0 Å². The predicted octanol–water partition coefficient (Wildman–Crippen LogP) is 4.40. The summed E-state index contributed by atoms with van der Waals surface area (Å²) in [6.07, 6.45) is 0. The van der Waals surface area contributed by atoms with Crippen LogP contribution in [0.3, 0.4) is 0 Å². The van der Waals surface area contributed by atoms with Crippen molar-refractivity contribution in [3.63, 3.8) is 0 Å². The summed E-state index contributed by atoms with van der Waals surface area (Å²) in [5, 5.41) is 5.01. The van der Waals surface area contributed by atoms with Crippen LogP contribution in [0.2, 0.25) is 5.02 Å². The second-order valence-corrected chi connectivity index (χ2v) is 5.23. The maximum absolute atomic E-state index is 6.03. The van der Waals surface area contributed by atoms with Gasteiger partial charge in [0.25, 0.3) is 0 Å². The second kappa shape index (κ2) is 5.80. The summed E-state index contributed by atoms with van der Waals surface area (Å²) >= 11 is 6.03. The summed E-state index contributed by atoms with van der Waals surface area (Å²) in [7, 11) is 3.53. The first-order valence-corrected chi connectivity index (χ1v) is 7.10. The van der Waals surface area contributed by atoms with E-state index >= 15 is 0 Å². The van der Waals surface area contributed by atoms with Gasteiger partial charge in [-0.15, -0.1) is 0 Å². The van der Waals surface area contributed by atoms with Crippen molar-refractivity contribution in [1.82, 2.24) is 5.32 Å². The zero-order valence-corrected chi connectivity index (χ0v) is 12.6. The van der Waals surface area contributed by atoms with Gasteiger partial charge in [-0.2, -0.15) is 0 Å². The normalized spacial score (nSPS) is 12.5. The average Bonchev–Trinajstić information content (AvgIpc) is 2.92. The molecular formula is C17H16ClNO2. The van der Waals surface area contributed by atoms with Crippen LogP contribution in [0.4, 0.5) is 0 Å². The maximum Gasteiger partial charge on any atom is 0.134 e. The fraction of sp³-hybridized carbons (Fsp3) is 0.176. The number of hydrogen-bond donors (Lipinski definition) is 1. The van der Waals surface area contributed by atoms with Crippen molar-refractivity contribution >= 4 is 22.6 Å². The summed E-state index contributed by atoms with van der Waals surface area (Å²) in [6.45, 7) is 0. The van der Waals surface area contributed by atoms with Gasteiger partial charge in [-0.25, -0.2) is 0 Å². The van der Waals surface area contributed by atoms with Crippen LogP contribution in [0.1, 0.15) is 17.4 Å². The fourth-order valence-corrected chi connectivity index (χ4v) is 2.68. The molecule has 3 rings (SSSR count). The highest BCUT2D eigenvalue weighted by atomic mass is 35.5. The monoisotopic (exact) mass is 301 g/mol. The van der Waals surface area contributed by atoms with Crippen molar-refractivity contribution in [2.24, 2.45) is 0 Å². The van der Waals surface area contributed by atoms with E-state index in [2.05, 4.69) is 5.32 Å². The van der Waals surface area contributed by atoms with E-state index in [9.17, 15) is 0 Å². The first kappa shape index (κ1) is 14.0. The van der Waals surface area contributed by atoms with E-state index in [1.54, 1.807) is 7.11 Å². The first-order valence-electron chi connectivity index (χ1n) is 6.72. The smallest absolute Gasteiger partial charge is 0.134 e. The lowest BCUT2D eigenvalue weighted by Crippen LogP contribution is -2.17. The fourth-order valence-electron chi connectivity index (χ4n) is 2.52. The molecule has 1 atom stereocenters. The van der Waals surface area contributed by atoms with Gasteiger partial charge in [-0.1, -0.05) is 35.9 Å². The molecule has 2 aromatic carbocycles. The summed E-state index contributed by atoms with van der Waals surface area (Å²) in [5.41, 5.74) is 1.86. The lowest BCUT2D eigenvalue weighted by Gasteiger charge is -2.17. The van der Waals surface area contributed by atoms with Crippen LogP contribution in [-0.2, 0) is 0 Å². The molecule has 0 saturated carbocycles. The molecule has 1 heterocycles. The molecule has 0 bridgehead atoms. The van der Waals surface area contributed by atoms with Gasteiger partial charge >= 0.3 is 0 Å². The highest BCUT2D eigenvalue weighted by Crippen LogP contribution is 2.34. The van der Waals surface area contributed by atoms with E-state index in [1.165, 1.54) is 0 Å². The molecular weight excluding hydrogens is 286 g/mol. The number of rotatable bonds is 4. The maximum atomic E-state index is 6.03. The molecule has 3 aromatic rings. The number of ether oxygens (including phenoxy) is 1. The van der Waals surface area contributed by atoms with Crippen LogP contribution in [0.5, 0.6) is 5.75 Å². The Morgan fingerprint density at radius 3 is 2.67 bits per heavy atom. The second-order valence-electron chi connectivity index (χ2n) is 4.79. The molecule has 108 valence electrons. The number of nitrogens with one attached hydrogen (secondary N) is 1. The summed E-state index contributed by atoms with van der Waals surface area (Å²) in [4.78, 5) is 0. The molecule has 0 spiro atoms. The first-order chi connectivity index (χ1) is 10.2. The molecule has 1 aromatic heterocycles. The Hall–Kier alpha value is -1.97. The summed E-state index contributed by atoms with van der Waals surface area (Å²) in [6, 6.07) is 15.5. The number of hydrogen-bond acceptors (Lipinski definition) is 3. The Kier molecular flexibility index (Phi) is 3.86. The average molecular weight is 302 g/mol. The van der Waals surface area contributed by atoms with E-state index in [0.29, 0.717) is 5.02 Å². The number of halogens is 1. The van der Waals surface area contributed by atoms with Crippen molar-refractivity contribution in [2.75, 3.05) is 14.2 Å². The third-order valence-electron chi connectivity index (χ3n) is 3.52. The van der Waals surface area contributed by atoms with Gasteiger partial charge < -0.3 is 14.5 Å². The van der Waals surface area contributed by atoms with Crippen LogP contribution in [-0.4, -0.2) is 14.2 Å². The molecule has 4 heteroatoms. The van der Waals surface area contributed by atoms with Gasteiger partial charge in [0.05, 0.1) is 13.2 Å². The molecule has 0 radical (unpaired) electrons. The van der Waals surface area contributed by atoms with Gasteiger partial charge in [0, 0.05) is 16.0 Å². The van der Waals surface area contributed by atoms with E-state index in [-0.39, 0.29) is 6.04 Å². The van der Waals surface area contributed by atoms with Gasteiger partial charge in [0.1, 0.15) is 17.1 Å². The van der Waals surface area contributed by atoms with Gasteiger partial charge in [-0.3, -0.25) is 0 Å². The molecule has 21 heavy (non-hydrogen) atoms. The van der Waals surface area contributed by atoms with Crippen molar-refractivity contribution in [3.05, 3.63) is 64.9 Å². The molecule has 0 aliphatic carbocycles. The van der Waals surface area contributed by atoms with Gasteiger partial charge in [0.15, 0.2) is 0 Å². The quantitative estimate of drug-likeness (QED) is 0.775. The molecule has 0 amide bonds. The van der Waals surface area contributed by atoms with E-state index < -0.39 is 0 Å². The number of fused-ring (bicyclic) bond motifs is 1. The van der Waals surface area contributed by atoms with Crippen LogP contribution in [0, 0.1) is 0 Å². The van der Waals surface area contributed by atoms with E-state index in [1.807, 2.05) is 55.6 Å². The van der Waals surface area contributed by atoms with Crippen molar-refractivity contribution in [3.8, 4) is 5.75 Å². The summed E-state index contributed by atoms with van der Waals surface area (Å²) in [5.74, 6) is 1.58. The Morgan fingerprint density at radius 2 is 1.95 bits per heavy atom. The van der Waals surface area contributed by atoms with Crippen LogP contribution < -0.4 is 10.1 Å². The minimum absolute atomic E-state index is 0.0929. The van der Waals surface area contributed by atoms with Crippen molar-refractivity contribution in [1.29, 1.82) is 0 Å². The van der Waals surface area contributed by atoms with Gasteiger partial charge in [0.2, 0.25) is 0 Å². The lowest BCUT2D eigenvalue weighted by atomic mass is 10.0. The number of methoxy groups -OCH3 is 1. The standard InChI is InChI=1S/C17H16ClNO2/c1-19-17(13-8-7-12(18)10-15(13)20-2)16-9-11-5-3-4-6-14(11)21-16/h3-10,17,19H,1-2H3. The SMILES string of the molecule is CNC(c1cc2ccccc2o1)c1ccc(Cl)cc1OC. The van der Waals surface area contributed by atoms with Crippen molar-refractivity contribution in [2.45, 2.75) is 6.04 Å². The third kappa shape index (κ3) is 2.62. The molecule has 1 N–H and O–H groups in total. The largest absolute Gasteiger partial charge is 0.496 e. The molecule has 0 aliphatic heterocycles. The lowest BCUT2D eigenvalue weighted by molar-refractivity contribution is 0.399. The van der Waals surface area contributed by atoms with Crippen LogP contribution >= 0.6 is 11.6 Å². The molecule has 0 saturated heterocycles. The minimum atomic E-state index is -0.0929. The summed E-state index contributed by atoms with van der Waals surface area (Å²) < 4.78 is 11.4. The van der Waals surface area contributed by atoms with Crippen molar-refractivity contribution < 1.29 is 9.15 Å².